The van der Waals surface area contributed by atoms with Gasteiger partial charge in [-0.3, -0.25) is 4.79 Å². The van der Waals surface area contributed by atoms with Crippen LogP contribution in [0.5, 0.6) is 5.75 Å². The van der Waals surface area contributed by atoms with Gasteiger partial charge in [-0.2, -0.15) is 0 Å². The van der Waals surface area contributed by atoms with Crippen LogP contribution >= 0.6 is 11.6 Å². The Bertz CT molecular complexity index is 938. The van der Waals surface area contributed by atoms with Crippen molar-refractivity contribution < 1.29 is 17.9 Å². The van der Waals surface area contributed by atoms with E-state index in [0.29, 0.717) is 49.7 Å². The molecule has 2 aromatic rings. The van der Waals surface area contributed by atoms with Gasteiger partial charge in [0, 0.05) is 24.0 Å². The van der Waals surface area contributed by atoms with Gasteiger partial charge in [0.15, 0.2) is 0 Å². The van der Waals surface area contributed by atoms with Gasteiger partial charge >= 0.3 is 0 Å². The third kappa shape index (κ3) is 6.45. The van der Waals surface area contributed by atoms with Crippen molar-refractivity contribution in [2.75, 3.05) is 26.2 Å². The summed E-state index contributed by atoms with van der Waals surface area (Å²) in [5.74, 6) is 0.495. The van der Waals surface area contributed by atoms with E-state index in [9.17, 15) is 13.2 Å². The molecule has 1 fully saturated rings. The number of hydrogen-bond donors (Lipinski definition) is 1. The molecule has 0 saturated carbocycles. The van der Waals surface area contributed by atoms with E-state index in [1.807, 2.05) is 31.2 Å². The van der Waals surface area contributed by atoms with E-state index < -0.39 is 10.0 Å². The second kappa shape index (κ2) is 10.3. The highest BCUT2D eigenvalue weighted by Crippen LogP contribution is 2.22. The van der Waals surface area contributed by atoms with Crippen molar-refractivity contribution >= 4 is 27.5 Å². The van der Waals surface area contributed by atoms with Gasteiger partial charge in [-0.15, -0.1) is 0 Å². The fourth-order valence-corrected chi connectivity index (χ4v) is 5.09. The van der Waals surface area contributed by atoms with Crippen molar-refractivity contribution in [3.8, 4) is 5.75 Å². The van der Waals surface area contributed by atoms with Crippen LogP contribution in [0, 0.1) is 12.8 Å². The number of sulfonamides is 1. The van der Waals surface area contributed by atoms with E-state index in [4.69, 9.17) is 16.3 Å². The fourth-order valence-electron chi connectivity index (χ4n) is 3.40. The summed E-state index contributed by atoms with van der Waals surface area (Å²) in [6, 6.07) is 14.6. The number of rotatable bonds is 8. The van der Waals surface area contributed by atoms with Crippen LogP contribution in [0.3, 0.4) is 0 Å². The number of hydrogen-bond acceptors (Lipinski definition) is 4. The van der Waals surface area contributed by atoms with Crippen LogP contribution in [0.25, 0.3) is 0 Å². The number of halogens is 1. The van der Waals surface area contributed by atoms with Gasteiger partial charge in [0.2, 0.25) is 15.9 Å². The maximum atomic E-state index is 12.7. The molecule has 0 spiro atoms. The molecule has 0 radical (unpaired) electrons. The molecule has 3 rings (SSSR count). The maximum absolute atomic E-state index is 12.7. The SMILES string of the molecule is Cc1ccc(OCCNC(=O)C2CCN(S(=O)(=O)Cc3ccc(Cl)cc3)CC2)cc1. The van der Waals surface area contributed by atoms with Crippen LogP contribution in [0.1, 0.15) is 24.0 Å². The third-order valence-corrected chi connectivity index (χ3v) is 7.27. The number of piperidine rings is 1. The molecular formula is C22H27ClN2O4S. The molecule has 0 aromatic heterocycles. The number of amides is 1. The Kier molecular flexibility index (Phi) is 7.75. The molecule has 1 aliphatic heterocycles. The van der Waals surface area contributed by atoms with Crippen molar-refractivity contribution in [1.82, 2.24) is 9.62 Å². The number of ether oxygens (including phenoxy) is 1. The average Bonchev–Trinajstić information content (AvgIpc) is 2.74. The number of carbonyl (C=O) groups is 1. The first kappa shape index (κ1) is 22.6. The standard InChI is InChI=1S/C22H27ClN2O4S/c1-17-2-8-21(9-3-17)29-15-12-24-22(26)19-10-13-25(14-11-19)30(27,28)16-18-4-6-20(23)7-5-18/h2-9,19H,10-16H2,1H3,(H,24,26). The quantitative estimate of drug-likeness (QED) is 0.625. The summed E-state index contributed by atoms with van der Waals surface area (Å²) in [6.07, 6.45) is 1.04. The summed E-state index contributed by atoms with van der Waals surface area (Å²) in [7, 11) is -3.41. The van der Waals surface area contributed by atoms with Gasteiger partial charge in [0.05, 0.1) is 12.3 Å². The Balaban J connectivity index is 1.40. The number of aryl methyl sites for hydroxylation is 1. The summed E-state index contributed by atoms with van der Waals surface area (Å²) in [6.45, 7) is 3.53. The van der Waals surface area contributed by atoms with E-state index in [1.54, 1.807) is 24.3 Å². The van der Waals surface area contributed by atoms with Gasteiger partial charge in [0.1, 0.15) is 12.4 Å². The third-order valence-electron chi connectivity index (χ3n) is 5.17. The zero-order valence-corrected chi connectivity index (χ0v) is 18.6. The summed E-state index contributed by atoms with van der Waals surface area (Å²) in [5.41, 5.74) is 1.87. The zero-order chi connectivity index (χ0) is 21.6. The monoisotopic (exact) mass is 450 g/mol. The smallest absolute Gasteiger partial charge is 0.223 e. The lowest BCUT2D eigenvalue weighted by Gasteiger charge is -2.30. The minimum Gasteiger partial charge on any atom is -0.492 e. The fraction of sp³-hybridized carbons (Fsp3) is 0.409. The summed E-state index contributed by atoms with van der Waals surface area (Å²) >= 11 is 5.85. The lowest BCUT2D eigenvalue weighted by Crippen LogP contribution is -2.43. The second-order valence-electron chi connectivity index (χ2n) is 7.51. The molecule has 0 bridgehead atoms. The van der Waals surface area contributed by atoms with Crippen molar-refractivity contribution in [1.29, 1.82) is 0 Å². The molecule has 0 aliphatic carbocycles. The van der Waals surface area contributed by atoms with Crippen LogP contribution in [0.4, 0.5) is 0 Å². The minimum atomic E-state index is -3.41. The second-order valence-corrected chi connectivity index (χ2v) is 9.91. The van der Waals surface area contributed by atoms with Crippen molar-refractivity contribution in [3.63, 3.8) is 0 Å². The van der Waals surface area contributed by atoms with E-state index in [0.717, 1.165) is 11.3 Å². The Morgan fingerprint density at radius 3 is 2.37 bits per heavy atom. The Morgan fingerprint density at radius 1 is 1.10 bits per heavy atom. The van der Waals surface area contributed by atoms with Crippen LogP contribution < -0.4 is 10.1 Å². The largest absolute Gasteiger partial charge is 0.492 e. The molecule has 1 N–H and O–H groups in total. The predicted molar refractivity (Wildman–Crippen MR) is 118 cm³/mol. The zero-order valence-electron chi connectivity index (χ0n) is 17.0. The first-order chi connectivity index (χ1) is 14.3. The summed E-state index contributed by atoms with van der Waals surface area (Å²) in [5, 5.41) is 3.46. The first-order valence-electron chi connectivity index (χ1n) is 10.0. The van der Waals surface area contributed by atoms with E-state index in [1.165, 1.54) is 4.31 Å². The highest BCUT2D eigenvalue weighted by molar-refractivity contribution is 7.88. The number of nitrogens with one attached hydrogen (secondary N) is 1. The van der Waals surface area contributed by atoms with E-state index in [-0.39, 0.29) is 17.6 Å². The molecule has 0 atom stereocenters. The van der Waals surface area contributed by atoms with Crippen LogP contribution in [0.15, 0.2) is 48.5 Å². The average molecular weight is 451 g/mol. The Morgan fingerprint density at radius 2 is 1.73 bits per heavy atom. The predicted octanol–water partition coefficient (Wildman–Crippen LogP) is 3.39. The van der Waals surface area contributed by atoms with Crippen molar-refractivity contribution in [2.45, 2.75) is 25.5 Å². The van der Waals surface area contributed by atoms with Gasteiger partial charge < -0.3 is 10.1 Å². The molecule has 6 nitrogen and oxygen atoms in total. The van der Waals surface area contributed by atoms with Gasteiger partial charge in [0.25, 0.3) is 0 Å². The molecule has 30 heavy (non-hydrogen) atoms. The first-order valence-corrected chi connectivity index (χ1v) is 12.0. The molecular weight excluding hydrogens is 424 g/mol. The number of nitrogens with zero attached hydrogens (tertiary/aromatic N) is 1. The molecule has 1 saturated heterocycles. The van der Waals surface area contributed by atoms with Gasteiger partial charge in [-0.25, -0.2) is 12.7 Å². The Hall–Kier alpha value is -2.09. The van der Waals surface area contributed by atoms with E-state index in [2.05, 4.69) is 5.32 Å². The van der Waals surface area contributed by atoms with Crippen LogP contribution in [0.2, 0.25) is 5.02 Å². The van der Waals surface area contributed by atoms with Gasteiger partial charge in [-0.05, 0) is 49.6 Å². The van der Waals surface area contributed by atoms with Crippen LogP contribution in [-0.4, -0.2) is 44.9 Å². The molecule has 0 unspecified atom stereocenters. The van der Waals surface area contributed by atoms with Gasteiger partial charge in [-0.1, -0.05) is 41.4 Å². The summed E-state index contributed by atoms with van der Waals surface area (Å²) < 4.78 is 32.4. The highest BCUT2D eigenvalue weighted by atomic mass is 35.5. The summed E-state index contributed by atoms with van der Waals surface area (Å²) in [4.78, 5) is 12.4. The minimum absolute atomic E-state index is 0.0442. The van der Waals surface area contributed by atoms with Crippen molar-refractivity contribution in [2.24, 2.45) is 5.92 Å². The van der Waals surface area contributed by atoms with Crippen molar-refractivity contribution in [3.05, 3.63) is 64.7 Å². The molecule has 1 amide bonds. The molecule has 1 aliphatic rings. The number of benzene rings is 2. The van der Waals surface area contributed by atoms with Crippen LogP contribution in [-0.2, 0) is 20.6 Å². The Labute approximate surface area is 183 Å². The maximum Gasteiger partial charge on any atom is 0.223 e. The van der Waals surface area contributed by atoms with E-state index >= 15 is 0 Å². The highest BCUT2D eigenvalue weighted by Gasteiger charge is 2.31. The molecule has 2 aromatic carbocycles. The lowest BCUT2D eigenvalue weighted by atomic mass is 9.97. The number of carbonyl (C=O) groups excluding carboxylic acids is 1. The molecule has 162 valence electrons. The molecule has 8 heteroatoms. The lowest BCUT2D eigenvalue weighted by molar-refractivity contribution is -0.126. The topological polar surface area (TPSA) is 75.7 Å². The normalized spacial score (nSPS) is 15.7. The molecule has 1 heterocycles.